The van der Waals surface area contributed by atoms with Crippen LogP contribution in [0.15, 0.2) is 0 Å². The second kappa shape index (κ2) is 48.9. The van der Waals surface area contributed by atoms with E-state index in [0.717, 1.165) is 69.6 Å². The quantitative estimate of drug-likeness (QED) is 0.0344. The second-order valence-electron chi connectivity index (χ2n) is 20.2. The molecule has 0 amide bonds. The summed E-state index contributed by atoms with van der Waals surface area (Å²) in [7, 11) is 0. The maximum Gasteiger partial charge on any atom is 0.306 e. The van der Waals surface area contributed by atoms with Crippen LogP contribution >= 0.6 is 0 Å². The molecule has 0 spiro atoms. The summed E-state index contributed by atoms with van der Waals surface area (Å²) < 4.78 is 16.9. The van der Waals surface area contributed by atoms with Crippen molar-refractivity contribution in [1.29, 1.82) is 0 Å². The van der Waals surface area contributed by atoms with Gasteiger partial charge in [-0.3, -0.25) is 14.4 Å². The van der Waals surface area contributed by atoms with E-state index in [1.54, 1.807) is 0 Å². The third kappa shape index (κ3) is 49.4. The van der Waals surface area contributed by atoms with Gasteiger partial charge in [-0.1, -0.05) is 272 Å². The molecule has 368 valence electrons. The highest BCUT2D eigenvalue weighted by atomic mass is 16.6. The zero-order chi connectivity index (χ0) is 45.4. The Kier molecular flexibility index (Phi) is 47.6. The number of ether oxygens (including phenoxy) is 3. The van der Waals surface area contributed by atoms with Gasteiger partial charge in [0.05, 0.1) is 0 Å². The maximum absolute atomic E-state index is 12.8. The predicted molar refractivity (Wildman–Crippen MR) is 266 cm³/mol. The predicted octanol–water partition coefficient (Wildman–Crippen LogP) is 18.1. The molecule has 0 rings (SSSR count). The number of rotatable bonds is 50. The summed E-state index contributed by atoms with van der Waals surface area (Å²) in [6, 6.07) is 0. The molecule has 0 aliphatic heterocycles. The van der Waals surface area contributed by atoms with Crippen LogP contribution in [-0.2, 0) is 28.6 Å². The Hall–Kier alpha value is -1.59. The van der Waals surface area contributed by atoms with Crippen molar-refractivity contribution in [3.8, 4) is 0 Å². The van der Waals surface area contributed by atoms with Crippen LogP contribution in [0.4, 0.5) is 0 Å². The number of unbranched alkanes of at least 4 members (excludes halogenated alkanes) is 35. The largest absolute Gasteiger partial charge is 0.462 e. The van der Waals surface area contributed by atoms with Crippen molar-refractivity contribution in [2.24, 2.45) is 11.8 Å². The van der Waals surface area contributed by atoms with E-state index in [2.05, 4.69) is 34.6 Å². The summed E-state index contributed by atoms with van der Waals surface area (Å²) in [6.45, 7) is 11.4. The fraction of sp³-hybridized carbons (Fsp3) is 0.946. The first kappa shape index (κ1) is 60.4. The van der Waals surface area contributed by atoms with E-state index in [1.807, 2.05) is 0 Å². The lowest BCUT2D eigenvalue weighted by Gasteiger charge is -2.18. The van der Waals surface area contributed by atoms with E-state index in [4.69, 9.17) is 14.2 Å². The van der Waals surface area contributed by atoms with Crippen molar-refractivity contribution in [2.45, 2.75) is 317 Å². The lowest BCUT2D eigenvalue weighted by molar-refractivity contribution is -0.167. The fourth-order valence-corrected chi connectivity index (χ4v) is 8.52. The number of hydrogen-bond acceptors (Lipinski definition) is 6. The average molecular weight is 877 g/mol. The Labute approximate surface area is 387 Å². The Morgan fingerprint density at radius 2 is 0.532 bits per heavy atom. The second-order valence-corrected chi connectivity index (χ2v) is 20.2. The summed E-state index contributed by atoms with van der Waals surface area (Å²) in [5.41, 5.74) is 0. The van der Waals surface area contributed by atoms with Crippen LogP contribution in [0.5, 0.6) is 0 Å². The molecule has 0 unspecified atom stereocenters. The number of hydrogen-bond donors (Lipinski definition) is 0. The van der Waals surface area contributed by atoms with Crippen molar-refractivity contribution in [3.05, 3.63) is 0 Å². The Morgan fingerprint density at radius 3 is 0.790 bits per heavy atom. The molecule has 6 nitrogen and oxygen atoms in total. The van der Waals surface area contributed by atoms with Gasteiger partial charge in [0.15, 0.2) is 6.10 Å². The van der Waals surface area contributed by atoms with Gasteiger partial charge in [-0.25, -0.2) is 0 Å². The minimum Gasteiger partial charge on any atom is -0.462 e. The van der Waals surface area contributed by atoms with Crippen molar-refractivity contribution >= 4 is 17.9 Å². The van der Waals surface area contributed by atoms with Crippen LogP contribution in [-0.4, -0.2) is 37.2 Å². The SMILES string of the molecule is CCCCCCCCCCCCCCCC(=O)OC[C@@H](COC(=O)CCCCCCCCCCCCCCCCCC(C)C)OC(=O)CCCCCCCCCCCCC(C)C. The van der Waals surface area contributed by atoms with Crippen molar-refractivity contribution < 1.29 is 28.6 Å². The fourth-order valence-electron chi connectivity index (χ4n) is 8.52. The third-order valence-corrected chi connectivity index (χ3v) is 12.7. The van der Waals surface area contributed by atoms with Crippen LogP contribution in [0.2, 0.25) is 0 Å². The van der Waals surface area contributed by atoms with E-state index in [9.17, 15) is 14.4 Å². The number of carbonyl (C=O) groups excluding carboxylic acids is 3. The summed E-state index contributed by atoms with van der Waals surface area (Å²) in [5.74, 6) is 0.822. The van der Waals surface area contributed by atoms with Gasteiger partial charge in [-0.15, -0.1) is 0 Å². The van der Waals surface area contributed by atoms with Crippen molar-refractivity contribution in [1.82, 2.24) is 0 Å². The summed E-state index contributed by atoms with van der Waals surface area (Å²) in [5, 5.41) is 0. The minimum atomic E-state index is -0.762. The first-order valence-electron chi connectivity index (χ1n) is 27.7. The summed E-state index contributed by atoms with van der Waals surface area (Å²) >= 11 is 0. The molecule has 62 heavy (non-hydrogen) atoms. The van der Waals surface area contributed by atoms with E-state index in [1.165, 1.54) is 199 Å². The molecular formula is C56H108O6. The number of esters is 3. The van der Waals surface area contributed by atoms with Crippen LogP contribution in [0, 0.1) is 11.8 Å². The molecule has 0 fully saturated rings. The van der Waals surface area contributed by atoms with Gasteiger partial charge in [-0.05, 0) is 31.1 Å². The van der Waals surface area contributed by atoms with Gasteiger partial charge in [0, 0.05) is 19.3 Å². The zero-order valence-corrected chi connectivity index (χ0v) is 42.5. The highest BCUT2D eigenvalue weighted by Crippen LogP contribution is 2.18. The van der Waals surface area contributed by atoms with Gasteiger partial charge >= 0.3 is 17.9 Å². The normalized spacial score (nSPS) is 12.0. The standard InChI is InChI=1S/C56H108O6/c1-6-7-8-9-10-11-12-16-20-26-31-36-41-46-54(57)60-49-53(62-56(59)48-43-38-33-28-23-22-25-30-35-40-45-52(4)5)50-61-55(58)47-42-37-32-27-21-18-15-13-14-17-19-24-29-34-39-44-51(2)3/h51-53H,6-50H2,1-5H3/t53-/m0/s1. The van der Waals surface area contributed by atoms with Crippen LogP contribution in [0.1, 0.15) is 311 Å². The molecule has 0 saturated carbocycles. The minimum absolute atomic E-state index is 0.0631. The maximum atomic E-state index is 12.8. The first-order valence-corrected chi connectivity index (χ1v) is 27.7. The Bertz CT molecular complexity index is 947. The molecule has 0 aliphatic rings. The Morgan fingerprint density at radius 1 is 0.306 bits per heavy atom. The molecule has 0 aromatic carbocycles. The van der Waals surface area contributed by atoms with Gasteiger partial charge < -0.3 is 14.2 Å². The molecule has 0 aromatic rings. The molecule has 0 bridgehead atoms. The summed E-state index contributed by atoms with van der Waals surface area (Å²) in [6.07, 6.45) is 50.9. The number of carbonyl (C=O) groups is 3. The molecule has 0 heterocycles. The Balaban J connectivity index is 4.28. The molecule has 0 radical (unpaired) electrons. The average Bonchev–Trinajstić information content (AvgIpc) is 3.24. The third-order valence-electron chi connectivity index (χ3n) is 12.7. The van der Waals surface area contributed by atoms with Crippen molar-refractivity contribution in [3.63, 3.8) is 0 Å². The van der Waals surface area contributed by atoms with E-state index < -0.39 is 6.10 Å². The highest BCUT2D eigenvalue weighted by Gasteiger charge is 2.19. The monoisotopic (exact) mass is 877 g/mol. The van der Waals surface area contributed by atoms with E-state index in [-0.39, 0.29) is 31.1 Å². The molecule has 0 N–H and O–H groups in total. The lowest BCUT2D eigenvalue weighted by atomic mass is 10.0. The molecule has 6 heteroatoms. The highest BCUT2D eigenvalue weighted by molar-refractivity contribution is 5.71. The van der Waals surface area contributed by atoms with E-state index in [0.29, 0.717) is 19.3 Å². The van der Waals surface area contributed by atoms with Gasteiger partial charge in [0.25, 0.3) is 0 Å². The lowest BCUT2D eigenvalue weighted by Crippen LogP contribution is -2.30. The summed E-state index contributed by atoms with van der Waals surface area (Å²) in [4.78, 5) is 38.0. The van der Waals surface area contributed by atoms with Crippen LogP contribution in [0.25, 0.3) is 0 Å². The smallest absolute Gasteiger partial charge is 0.306 e. The topological polar surface area (TPSA) is 78.9 Å². The molecule has 0 saturated heterocycles. The van der Waals surface area contributed by atoms with Crippen LogP contribution in [0.3, 0.4) is 0 Å². The van der Waals surface area contributed by atoms with E-state index >= 15 is 0 Å². The van der Waals surface area contributed by atoms with Gasteiger partial charge in [0.1, 0.15) is 13.2 Å². The van der Waals surface area contributed by atoms with Crippen molar-refractivity contribution in [2.75, 3.05) is 13.2 Å². The zero-order valence-electron chi connectivity index (χ0n) is 42.5. The molecule has 1 atom stereocenters. The molecule has 0 aliphatic carbocycles. The molecular weight excluding hydrogens is 769 g/mol. The van der Waals surface area contributed by atoms with Gasteiger partial charge in [-0.2, -0.15) is 0 Å². The van der Waals surface area contributed by atoms with Crippen LogP contribution < -0.4 is 0 Å². The van der Waals surface area contributed by atoms with Gasteiger partial charge in [0.2, 0.25) is 0 Å². The first-order chi connectivity index (χ1) is 30.2. The molecule has 0 aromatic heterocycles.